The number of nitrogens with zero attached hydrogens (tertiary/aromatic N) is 1. The van der Waals surface area contributed by atoms with E-state index < -0.39 is 0 Å². The normalized spacial score (nSPS) is 9.94. The number of aromatic nitrogens is 1. The van der Waals surface area contributed by atoms with E-state index in [2.05, 4.69) is 15.6 Å². The van der Waals surface area contributed by atoms with Crippen LogP contribution in [0.15, 0.2) is 12.3 Å². The molecular weight excluding hydrogens is 230 g/mol. The molecule has 1 amide bonds. The molecule has 6 heteroatoms. The number of amides is 1. The topological polar surface area (TPSA) is 63.2 Å². The van der Waals surface area contributed by atoms with Gasteiger partial charge in [0.05, 0.1) is 17.2 Å². The molecule has 1 rings (SSSR count). The largest absolute Gasteiger partial charge is 0.383 e. The van der Waals surface area contributed by atoms with Crippen LogP contribution >= 0.6 is 11.6 Å². The van der Waals surface area contributed by atoms with Crippen LogP contribution in [0.1, 0.15) is 10.4 Å². The molecule has 0 unspecified atom stereocenters. The van der Waals surface area contributed by atoms with E-state index in [-0.39, 0.29) is 5.91 Å². The Morgan fingerprint density at radius 3 is 3.00 bits per heavy atom. The Labute approximate surface area is 99.2 Å². The van der Waals surface area contributed by atoms with Crippen molar-refractivity contribution in [2.24, 2.45) is 0 Å². The Morgan fingerprint density at radius 1 is 1.62 bits per heavy atom. The van der Waals surface area contributed by atoms with Crippen LogP contribution in [0.3, 0.4) is 0 Å². The van der Waals surface area contributed by atoms with E-state index in [1.807, 2.05) is 0 Å². The van der Waals surface area contributed by atoms with Crippen LogP contribution in [0.2, 0.25) is 5.02 Å². The number of hydrogen-bond acceptors (Lipinski definition) is 4. The van der Waals surface area contributed by atoms with Gasteiger partial charge in [0.15, 0.2) is 0 Å². The first-order chi connectivity index (χ1) is 7.69. The predicted octanol–water partition coefficient (Wildman–Crippen LogP) is 1.15. The highest BCUT2D eigenvalue weighted by atomic mass is 35.5. The SMILES string of the molecule is CNc1cc(C(=O)NCCOC)c(Cl)cn1. The second-order valence-electron chi connectivity index (χ2n) is 3.05. The van der Waals surface area contributed by atoms with Crippen LogP contribution in [0.25, 0.3) is 0 Å². The van der Waals surface area contributed by atoms with Crippen molar-refractivity contribution in [1.29, 1.82) is 0 Å². The van der Waals surface area contributed by atoms with Crippen molar-refractivity contribution >= 4 is 23.3 Å². The van der Waals surface area contributed by atoms with Crippen LogP contribution in [-0.4, -0.2) is 38.2 Å². The van der Waals surface area contributed by atoms with E-state index in [4.69, 9.17) is 16.3 Å². The lowest BCUT2D eigenvalue weighted by atomic mass is 10.2. The summed E-state index contributed by atoms with van der Waals surface area (Å²) in [6, 6.07) is 1.60. The number of methoxy groups -OCH3 is 1. The zero-order valence-electron chi connectivity index (χ0n) is 9.21. The molecule has 0 saturated carbocycles. The second-order valence-corrected chi connectivity index (χ2v) is 3.46. The third-order valence-electron chi connectivity index (χ3n) is 1.95. The number of halogens is 1. The van der Waals surface area contributed by atoms with E-state index >= 15 is 0 Å². The van der Waals surface area contributed by atoms with Crippen LogP contribution in [0, 0.1) is 0 Å². The van der Waals surface area contributed by atoms with Crippen LogP contribution in [0.5, 0.6) is 0 Å². The Bertz CT molecular complexity index is 371. The maximum atomic E-state index is 11.7. The minimum Gasteiger partial charge on any atom is -0.383 e. The molecule has 1 aromatic heterocycles. The first-order valence-electron chi connectivity index (χ1n) is 4.79. The number of pyridine rings is 1. The van der Waals surface area contributed by atoms with Gasteiger partial charge in [-0.25, -0.2) is 4.98 Å². The molecule has 88 valence electrons. The van der Waals surface area contributed by atoms with Crippen molar-refractivity contribution in [1.82, 2.24) is 10.3 Å². The fourth-order valence-corrected chi connectivity index (χ4v) is 1.30. The van der Waals surface area contributed by atoms with Gasteiger partial charge in [-0.05, 0) is 6.07 Å². The van der Waals surface area contributed by atoms with E-state index in [1.54, 1.807) is 20.2 Å². The van der Waals surface area contributed by atoms with Crippen molar-refractivity contribution in [2.75, 3.05) is 32.6 Å². The minimum atomic E-state index is -0.235. The van der Waals surface area contributed by atoms with Crippen LogP contribution in [-0.2, 0) is 4.74 Å². The van der Waals surface area contributed by atoms with E-state index in [0.717, 1.165) is 0 Å². The molecule has 0 aliphatic rings. The highest BCUT2D eigenvalue weighted by molar-refractivity contribution is 6.33. The third kappa shape index (κ3) is 3.36. The highest BCUT2D eigenvalue weighted by Gasteiger charge is 2.10. The average Bonchev–Trinajstić information content (AvgIpc) is 2.30. The van der Waals surface area contributed by atoms with E-state index in [9.17, 15) is 4.79 Å². The number of carbonyl (C=O) groups excluding carboxylic acids is 1. The van der Waals surface area contributed by atoms with Gasteiger partial charge in [0, 0.05) is 26.9 Å². The number of hydrogen-bond donors (Lipinski definition) is 2. The fourth-order valence-electron chi connectivity index (χ4n) is 1.11. The van der Waals surface area contributed by atoms with Gasteiger partial charge in [-0.3, -0.25) is 4.79 Å². The summed E-state index contributed by atoms with van der Waals surface area (Å²) >= 11 is 5.88. The average molecular weight is 244 g/mol. The van der Waals surface area contributed by atoms with Gasteiger partial charge < -0.3 is 15.4 Å². The van der Waals surface area contributed by atoms with Crippen molar-refractivity contribution < 1.29 is 9.53 Å². The monoisotopic (exact) mass is 243 g/mol. The molecular formula is C10H14ClN3O2. The Kier molecular flexibility index (Phi) is 5.01. The number of rotatable bonds is 5. The molecule has 5 nitrogen and oxygen atoms in total. The molecule has 0 saturated heterocycles. The summed E-state index contributed by atoms with van der Waals surface area (Å²) in [6.45, 7) is 0.913. The van der Waals surface area contributed by atoms with Crippen molar-refractivity contribution in [3.05, 3.63) is 22.8 Å². The number of nitrogens with one attached hydrogen (secondary N) is 2. The maximum Gasteiger partial charge on any atom is 0.253 e. The van der Waals surface area contributed by atoms with E-state index in [1.165, 1.54) is 6.20 Å². The lowest BCUT2D eigenvalue weighted by Gasteiger charge is -2.07. The number of anilines is 1. The summed E-state index contributed by atoms with van der Waals surface area (Å²) in [5.74, 6) is 0.363. The number of ether oxygens (including phenoxy) is 1. The van der Waals surface area contributed by atoms with Gasteiger partial charge in [0.25, 0.3) is 5.91 Å². The maximum absolute atomic E-state index is 11.7. The van der Waals surface area contributed by atoms with Gasteiger partial charge in [0.1, 0.15) is 5.82 Å². The number of carbonyl (C=O) groups is 1. The smallest absolute Gasteiger partial charge is 0.253 e. The lowest BCUT2D eigenvalue weighted by Crippen LogP contribution is -2.27. The van der Waals surface area contributed by atoms with Gasteiger partial charge in [-0.1, -0.05) is 11.6 Å². The Hall–Kier alpha value is -1.33. The van der Waals surface area contributed by atoms with Crippen molar-refractivity contribution in [3.63, 3.8) is 0 Å². The lowest BCUT2D eigenvalue weighted by molar-refractivity contribution is 0.0937. The summed E-state index contributed by atoms with van der Waals surface area (Å²) in [5, 5.41) is 5.86. The first-order valence-corrected chi connectivity index (χ1v) is 5.17. The second kappa shape index (κ2) is 6.30. The predicted molar refractivity (Wildman–Crippen MR) is 63.0 cm³/mol. The Balaban J connectivity index is 2.73. The summed E-state index contributed by atoms with van der Waals surface area (Å²) in [6.07, 6.45) is 1.44. The molecule has 16 heavy (non-hydrogen) atoms. The zero-order chi connectivity index (χ0) is 12.0. The molecule has 1 aromatic rings. The molecule has 0 fully saturated rings. The summed E-state index contributed by atoms with van der Waals surface area (Å²) in [7, 11) is 3.30. The molecule has 1 heterocycles. The summed E-state index contributed by atoms with van der Waals surface area (Å²) < 4.78 is 4.83. The summed E-state index contributed by atoms with van der Waals surface area (Å²) in [4.78, 5) is 15.7. The van der Waals surface area contributed by atoms with Crippen LogP contribution in [0.4, 0.5) is 5.82 Å². The first kappa shape index (κ1) is 12.7. The van der Waals surface area contributed by atoms with Gasteiger partial charge >= 0.3 is 0 Å². The molecule has 0 aliphatic heterocycles. The van der Waals surface area contributed by atoms with Crippen molar-refractivity contribution in [2.45, 2.75) is 0 Å². The zero-order valence-corrected chi connectivity index (χ0v) is 9.97. The van der Waals surface area contributed by atoms with Crippen LogP contribution < -0.4 is 10.6 Å². The molecule has 0 aliphatic carbocycles. The standard InChI is InChI=1S/C10H14ClN3O2/c1-12-9-5-7(8(11)6-14-9)10(15)13-3-4-16-2/h5-6H,3-4H2,1-2H3,(H,12,14)(H,13,15). The molecule has 0 aromatic carbocycles. The van der Waals surface area contributed by atoms with Crippen molar-refractivity contribution in [3.8, 4) is 0 Å². The van der Waals surface area contributed by atoms with E-state index in [0.29, 0.717) is 29.6 Å². The fraction of sp³-hybridized carbons (Fsp3) is 0.400. The Morgan fingerprint density at radius 2 is 2.38 bits per heavy atom. The molecule has 0 radical (unpaired) electrons. The highest BCUT2D eigenvalue weighted by Crippen LogP contribution is 2.17. The minimum absolute atomic E-state index is 0.235. The molecule has 0 bridgehead atoms. The molecule has 0 spiro atoms. The van der Waals surface area contributed by atoms with Gasteiger partial charge in [-0.2, -0.15) is 0 Å². The van der Waals surface area contributed by atoms with Gasteiger partial charge in [0.2, 0.25) is 0 Å². The third-order valence-corrected chi connectivity index (χ3v) is 2.25. The quantitative estimate of drug-likeness (QED) is 0.762. The molecule has 0 atom stereocenters. The summed E-state index contributed by atoms with van der Waals surface area (Å²) in [5.41, 5.74) is 0.400. The molecule has 2 N–H and O–H groups in total. The van der Waals surface area contributed by atoms with Gasteiger partial charge in [-0.15, -0.1) is 0 Å².